The number of nitrogens with zero attached hydrogens (tertiary/aromatic N) is 4. The number of hydrogen-bond acceptors (Lipinski definition) is 10. The van der Waals surface area contributed by atoms with E-state index in [0.29, 0.717) is 48.5 Å². The fourth-order valence-corrected chi connectivity index (χ4v) is 10.7. The summed E-state index contributed by atoms with van der Waals surface area (Å²) in [6, 6.07) is 26.5. The lowest BCUT2D eigenvalue weighted by molar-refractivity contribution is -0.141. The van der Waals surface area contributed by atoms with Crippen molar-refractivity contribution in [2.75, 3.05) is 63.9 Å². The first-order valence-corrected chi connectivity index (χ1v) is 21.9. The van der Waals surface area contributed by atoms with E-state index in [0.717, 1.165) is 76.3 Å². The van der Waals surface area contributed by atoms with Crippen molar-refractivity contribution in [2.45, 2.75) is 69.0 Å². The van der Waals surface area contributed by atoms with E-state index in [4.69, 9.17) is 4.74 Å². The Balaban J connectivity index is 0.736. The largest absolute Gasteiger partial charge is 0.508 e. The number of imide groups is 1. The smallest absolute Gasteiger partial charge is 0.243 e. The molecule has 2 unspecified atom stereocenters. The molecule has 318 valence electrons. The summed E-state index contributed by atoms with van der Waals surface area (Å²) in [6.45, 7) is 7.81. The number of piperidine rings is 2. The quantitative estimate of drug-likeness (QED) is 0.104. The first kappa shape index (κ1) is 40.9. The Bertz CT molecular complexity index is 2260. The Kier molecular flexibility index (Phi) is 12.0. The van der Waals surface area contributed by atoms with E-state index in [1.165, 1.54) is 28.3 Å². The second kappa shape index (κ2) is 17.9. The molecule has 11 nitrogen and oxygen atoms in total. The average molecular weight is 828 g/mol. The zero-order chi connectivity index (χ0) is 42.0. The molecule has 4 aliphatic heterocycles. The molecule has 12 heteroatoms. The summed E-state index contributed by atoms with van der Waals surface area (Å²) in [5, 5.41) is 12.5. The standard InChI is InChI=1S/C49H54FN5O6/c50-42-28-41-36(30-55(48(41)45(58)31-56)43-14-15-46(59)51-49(43)60)27-44(42)54-22-20-53(21-23-54)29-32-16-18-52(19-17-32)24-25-61-38-10-6-34(7-11-38)47-39(33-4-2-1-3-5-33)12-8-35-26-37(57)9-13-40(35)47/h1-7,9-11,13,26-28,31-32,39,43,47-48,57H,8,12,14-25,29-30H2,(H,51,59,60)/t39-,43?,47+,48?/m1/s1. The van der Waals surface area contributed by atoms with Gasteiger partial charge in [-0.15, -0.1) is 0 Å². The number of carbonyl (C=O) groups is 4. The number of Topliss-reactive ketones (excluding diaryl/α,β-unsaturated/α-hetero) is 1. The minimum absolute atomic E-state index is 0.141. The number of fused-ring (bicyclic) bond motifs is 2. The number of phenols is 1. The van der Waals surface area contributed by atoms with Crippen LogP contribution in [-0.4, -0.2) is 109 Å². The van der Waals surface area contributed by atoms with E-state index in [1.807, 2.05) is 12.1 Å². The Hall–Kier alpha value is -5.43. The summed E-state index contributed by atoms with van der Waals surface area (Å²) in [5.41, 5.74) is 6.73. The third-order valence-corrected chi connectivity index (χ3v) is 13.9. The summed E-state index contributed by atoms with van der Waals surface area (Å²) in [7, 11) is 0. The zero-order valence-electron chi connectivity index (χ0n) is 34.5. The summed E-state index contributed by atoms with van der Waals surface area (Å²) < 4.78 is 22.0. The molecular weight excluding hydrogens is 774 g/mol. The van der Waals surface area contributed by atoms with E-state index in [1.54, 1.807) is 11.0 Å². The van der Waals surface area contributed by atoms with Crippen LogP contribution in [0.25, 0.3) is 0 Å². The Morgan fingerprint density at radius 3 is 2.31 bits per heavy atom. The molecule has 4 heterocycles. The monoisotopic (exact) mass is 827 g/mol. The molecule has 3 saturated heterocycles. The first-order chi connectivity index (χ1) is 29.7. The zero-order valence-corrected chi connectivity index (χ0v) is 34.5. The van der Waals surface area contributed by atoms with E-state index in [9.17, 15) is 24.3 Å². The molecule has 2 N–H and O–H groups in total. The van der Waals surface area contributed by atoms with E-state index >= 15 is 4.39 Å². The SMILES string of the molecule is O=CC(=O)C1c2cc(F)c(N3CCN(CC4CCN(CCOc5ccc([C@@H]6c7ccc(O)cc7CC[C@@H]6c6ccccc6)cc5)CC4)CC3)cc2CN1C1CCC(=O)NC1=O. The molecule has 5 aliphatic rings. The maximum absolute atomic E-state index is 15.7. The van der Waals surface area contributed by atoms with Crippen LogP contribution in [0.5, 0.6) is 11.5 Å². The highest BCUT2D eigenvalue weighted by molar-refractivity contribution is 6.27. The van der Waals surface area contributed by atoms with Crippen LogP contribution in [0.2, 0.25) is 0 Å². The fourth-order valence-electron chi connectivity index (χ4n) is 10.7. The second-order valence-corrected chi connectivity index (χ2v) is 17.5. The van der Waals surface area contributed by atoms with E-state index < -0.39 is 29.6 Å². The first-order valence-electron chi connectivity index (χ1n) is 21.9. The normalized spacial score (nSPS) is 23.9. The number of aldehydes is 1. The highest BCUT2D eigenvalue weighted by Gasteiger charge is 2.44. The van der Waals surface area contributed by atoms with Gasteiger partial charge in [0.1, 0.15) is 30.0 Å². The van der Waals surface area contributed by atoms with Crippen LogP contribution in [0.3, 0.4) is 0 Å². The molecule has 2 amide bonds. The van der Waals surface area contributed by atoms with Gasteiger partial charge in [-0.1, -0.05) is 48.5 Å². The van der Waals surface area contributed by atoms with Gasteiger partial charge in [-0.3, -0.25) is 39.2 Å². The van der Waals surface area contributed by atoms with Gasteiger partial charge in [-0.2, -0.15) is 0 Å². The molecule has 9 rings (SSSR count). The molecular formula is C49H54FN5O6. The van der Waals surface area contributed by atoms with Crippen molar-refractivity contribution < 1.29 is 33.4 Å². The minimum Gasteiger partial charge on any atom is -0.508 e. The third kappa shape index (κ3) is 8.71. The number of hydrogen-bond donors (Lipinski definition) is 2. The molecule has 0 spiro atoms. The number of aromatic hydroxyl groups is 1. The van der Waals surface area contributed by atoms with Gasteiger partial charge < -0.3 is 14.7 Å². The van der Waals surface area contributed by atoms with Gasteiger partial charge in [0.2, 0.25) is 17.6 Å². The molecule has 1 aliphatic carbocycles. The number of halogens is 1. The van der Waals surface area contributed by atoms with Crippen LogP contribution in [0.1, 0.15) is 83.4 Å². The number of likely N-dealkylation sites (tertiary alicyclic amines) is 1. The van der Waals surface area contributed by atoms with Gasteiger partial charge in [0, 0.05) is 58.2 Å². The number of amides is 2. The van der Waals surface area contributed by atoms with Crippen molar-refractivity contribution in [3.05, 3.63) is 124 Å². The molecule has 61 heavy (non-hydrogen) atoms. The predicted octanol–water partition coefficient (Wildman–Crippen LogP) is 5.74. The van der Waals surface area contributed by atoms with Crippen molar-refractivity contribution in [1.29, 1.82) is 0 Å². The van der Waals surface area contributed by atoms with Crippen LogP contribution in [0.15, 0.2) is 84.9 Å². The molecule has 0 saturated carbocycles. The highest BCUT2D eigenvalue weighted by atomic mass is 19.1. The lowest BCUT2D eigenvalue weighted by Gasteiger charge is -2.39. The Labute approximate surface area is 356 Å². The molecule has 4 atom stereocenters. The van der Waals surface area contributed by atoms with E-state index in [2.05, 4.69) is 80.7 Å². The third-order valence-electron chi connectivity index (χ3n) is 13.9. The van der Waals surface area contributed by atoms with Crippen molar-refractivity contribution in [2.24, 2.45) is 5.92 Å². The van der Waals surface area contributed by atoms with E-state index in [-0.39, 0.29) is 37.5 Å². The summed E-state index contributed by atoms with van der Waals surface area (Å²) >= 11 is 0. The number of nitrogens with one attached hydrogen (secondary N) is 1. The van der Waals surface area contributed by atoms with Gasteiger partial charge >= 0.3 is 0 Å². The van der Waals surface area contributed by atoms with Gasteiger partial charge in [-0.25, -0.2) is 4.39 Å². The Morgan fingerprint density at radius 2 is 1.57 bits per heavy atom. The second-order valence-electron chi connectivity index (χ2n) is 17.5. The van der Waals surface area contributed by atoms with Gasteiger partial charge in [0.15, 0.2) is 6.29 Å². The fraction of sp³-hybridized carbons (Fsp3) is 0.429. The van der Waals surface area contributed by atoms with Crippen LogP contribution >= 0.6 is 0 Å². The molecule has 0 bridgehead atoms. The summed E-state index contributed by atoms with van der Waals surface area (Å²) in [5.74, 6) is 0.340. The predicted molar refractivity (Wildman–Crippen MR) is 229 cm³/mol. The number of benzene rings is 4. The number of carbonyl (C=O) groups excluding carboxylic acids is 4. The van der Waals surface area contributed by atoms with Crippen molar-refractivity contribution in [1.82, 2.24) is 20.0 Å². The van der Waals surface area contributed by atoms with Crippen LogP contribution in [-0.2, 0) is 32.1 Å². The number of phenolic OH excluding ortho intramolecular Hbond substituents is 1. The summed E-state index contributed by atoms with van der Waals surface area (Å²) in [4.78, 5) is 57.5. The molecule has 0 aromatic heterocycles. The van der Waals surface area contributed by atoms with Gasteiger partial charge in [-0.05, 0) is 127 Å². The number of ether oxygens (including phenoxy) is 1. The average Bonchev–Trinajstić information content (AvgIpc) is 3.64. The maximum Gasteiger partial charge on any atom is 0.243 e. The maximum atomic E-state index is 15.7. The highest BCUT2D eigenvalue weighted by Crippen LogP contribution is 2.47. The molecule has 3 fully saturated rings. The number of aryl methyl sites for hydroxylation is 1. The Morgan fingerprint density at radius 1 is 0.803 bits per heavy atom. The molecule has 4 aromatic rings. The summed E-state index contributed by atoms with van der Waals surface area (Å²) in [6.07, 6.45) is 4.85. The minimum atomic E-state index is -1.05. The number of anilines is 1. The van der Waals surface area contributed by atoms with Crippen LogP contribution < -0.4 is 15.0 Å². The number of rotatable bonds is 12. The number of ketones is 1. The lowest BCUT2D eigenvalue weighted by Crippen LogP contribution is -2.52. The van der Waals surface area contributed by atoms with Crippen LogP contribution in [0.4, 0.5) is 10.1 Å². The van der Waals surface area contributed by atoms with Crippen molar-refractivity contribution >= 4 is 29.6 Å². The van der Waals surface area contributed by atoms with Crippen molar-refractivity contribution in [3.63, 3.8) is 0 Å². The van der Waals surface area contributed by atoms with Crippen molar-refractivity contribution in [3.8, 4) is 11.5 Å². The molecule has 4 aromatic carbocycles. The number of piperazine rings is 1. The topological polar surface area (TPSA) is 123 Å². The van der Waals surface area contributed by atoms with Gasteiger partial charge in [0.05, 0.1) is 11.7 Å². The van der Waals surface area contributed by atoms with Gasteiger partial charge in [0.25, 0.3) is 0 Å². The lowest BCUT2D eigenvalue weighted by atomic mass is 9.69. The van der Waals surface area contributed by atoms with Crippen LogP contribution in [0, 0.1) is 11.7 Å². The molecule has 0 radical (unpaired) electrons.